The fourth-order valence-corrected chi connectivity index (χ4v) is 6.21. The van der Waals surface area contributed by atoms with Crippen molar-refractivity contribution in [1.82, 2.24) is 14.5 Å². The van der Waals surface area contributed by atoms with Crippen molar-refractivity contribution in [1.29, 1.82) is 0 Å². The van der Waals surface area contributed by atoms with Gasteiger partial charge in [-0.2, -0.15) is 4.31 Å². The number of benzene rings is 1. The first-order valence-corrected chi connectivity index (χ1v) is 12.7. The molecule has 2 saturated heterocycles. The number of amides is 1. The maximum absolute atomic E-state index is 13.1. The van der Waals surface area contributed by atoms with E-state index in [1.807, 2.05) is 0 Å². The highest BCUT2D eigenvalue weighted by Crippen LogP contribution is 2.25. The van der Waals surface area contributed by atoms with Gasteiger partial charge < -0.3 is 10.1 Å². The van der Waals surface area contributed by atoms with Crippen LogP contribution in [0.5, 0.6) is 0 Å². The fourth-order valence-electron chi connectivity index (χ4n) is 4.45. The summed E-state index contributed by atoms with van der Waals surface area (Å²) in [5.41, 5.74) is 0.800. The van der Waals surface area contributed by atoms with Gasteiger partial charge in [-0.15, -0.1) is 0 Å². The van der Waals surface area contributed by atoms with Crippen molar-refractivity contribution >= 4 is 15.9 Å². The molecule has 7 nitrogen and oxygen atoms in total. The van der Waals surface area contributed by atoms with Crippen molar-refractivity contribution in [2.45, 2.75) is 76.5 Å². The molecule has 8 heteroatoms. The van der Waals surface area contributed by atoms with E-state index in [0.717, 1.165) is 32.4 Å². The van der Waals surface area contributed by atoms with Gasteiger partial charge in [0.15, 0.2) is 0 Å². The Balaban J connectivity index is 1.71. The van der Waals surface area contributed by atoms with E-state index >= 15 is 0 Å². The van der Waals surface area contributed by atoms with Crippen LogP contribution in [0.25, 0.3) is 0 Å². The normalized spacial score (nSPS) is 24.2. The number of ether oxygens (including phenoxy) is 1. The number of aryl methyl sites for hydroxylation is 1. The summed E-state index contributed by atoms with van der Waals surface area (Å²) in [6.45, 7) is 13.3. The summed E-state index contributed by atoms with van der Waals surface area (Å²) in [5.74, 6) is -0.252. The highest BCUT2D eigenvalue weighted by molar-refractivity contribution is 7.89. The van der Waals surface area contributed by atoms with E-state index in [1.165, 1.54) is 6.07 Å². The van der Waals surface area contributed by atoms with Gasteiger partial charge in [0.05, 0.1) is 17.1 Å². The van der Waals surface area contributed by atoms with E-state index in [1.54, 1.807) is 23.4 Å². The molecular weight excluding hydrogens is 414 g/mol. The number of carbonyl (C=O) groups excluding carboxylic acids is 1. The Morgan fingerprint density at radius 3 is 2.35 bits per heavy atom. The van der Waals surface area contributed by atoms with Crippen molar-refractivity contribution in [2.24, 2.45) is 0 Å². The number of nitrogens with one attached hydrogen (secondary N) is 1. The van der Waals surface area contributed by atoms with Gasteiger partial charge in [-0.1, -0.05) is 12.5 Å². The molecule has 1 aromatic carbocycles. The van der Waals surface area contributed by atoms with Crippen LogP contribution in [0.15, 0.2) is 23.1 Å². The predicted octanol–water partition coefficient (Wildman–Crippen LogP) is 2.79. The second kappa shape index (κ2) is 9.57. The smallest absolute Gasteiger partial charge is 0.251 e. The van der Waals surface area contributed by atoms with Crippen LogP contribution >= 0.6 is 0 Å². The molecule has 2 atom stereocenters. The molecule has 1 amide bonds. The standard InChI is InChI=1S/C23H37N3O4S/c1-17-9-10-20(13-21(17)31(28,29)26-11-7-6-8-12-26)22(27)24-16-23(4,5)25-14-18(2)30-19(3)15-25/h9-10,13,18-19H,6-8,11-12,14-16H2,1-5H3,(H,24,27). The first-order chi connectivity index (χ1) is 14.5. The topological polar surface area (TPSA) is 79.0 Å². The molecule has 31 heavy (non-hydrogen) atoms. The number of sulfonamides is 1. The summed E-state index contributed by atoms with van der Waals surface area (Å²) >= 11 is 0. The number of morpholine rings is 1. The van der Waals surface area contributed by atoms with Crippen molar-refractivity contribution in [3.05, 3.63) is 29.3 Å². The second-order valence-electron chi connectivity index (χ2n) is 9.60. The summed E-state index contributed by atoms with van der Waals surface area (Å²) in [6.07, 6.45) is 3.12. The summed E-state index contributed by atoms with van der Waals surface area (Å²) in [6, 6.07) is 4.95. The molecule has 0 aromatic heterocycles. The lowest BCUT2D eigenvalue weighted by Gasteiger charge is -2.45. The zero-order valence-corrected chi connectivity index (χ0v) is 20.3. The number of rotatable bonds is 6. The van der Waals surface area contributed by atoms with Crippen LogP contribution in [0.1, 0.15) is 62.9 Å². The lowest BCUT2D eigenvalue weighted by Crippen LogP contribution is -2.58. The van der Waals surface area contributed by atoms with E-state index in [4.69, 9.17) is 4.74 Å². The molecule has 2 fully saturated rings. The van der Waals surface area contributed by atoms with Crippen LogP contribution in [-0.2, 0) is 14.8 Å². The molecule has 2 heterocycles. The minimum absolute atomic E-state index is 0.151. The Hall–Kier alpha value is -1.48. The fraction of sp³-hybridized carbons (Fsp3) is 0.696. The zero-order valence-electron chi connectivity index (χ0n) is 19.5. The summed E-state index contributed by atoms with van der Waals surface area (Å²) in [7, 11) is -3.59. The molecule has 0 saturated carbocycles. The maximum Gasteiger partial charge on any atom is 0.251 e. The summed E-state index contributed by atoms with van der Waals surface area (Å²) in [5, 5.41) is 3.01. The first-order valence-electron chi connectivity index (χ1n) is 11.3. The van der Waals surface area contributed by atoms with E-state index < -0.39 is 10.0 Å². The van der Waals surface area contributed by atoms with Gasteiger partial charge >= 0.3 is 0 Å². The van der Waals surface area contributed by atoms with Crippen LogP contribution in [0.2, 0.25) is 0 Å². The van der Waals surface area contributed by atoms with Crippen molar-refractivity contribution in [2.75, 3.05) is 32.7 Å². The molecule has 2 unspecified atom stereocenters. The predicted molar refractivity (Wildman–Crippen MR) is 122 cm³/mol. The third-order valence-corrected chi connectivity index (χ3v) is 8.38. The number of carbonyl (C=O) groups is 1. The minimum Gasteiger partial charge on any atom is -0.373 e. The average Bonchev–Trinajstić information content (AvgIpc) is 2.72. The van der Waals surface area contributed by atoms with Gasteiger partial charge in [0.2, 0.25) is 10.0 Å². The van der Waals surface area contributed by atoms with Gasteiger partial charge in [-0.05, 0) is 65.2 Å². The van der Waals surface area contributed by atoms with E-state index in [-0.39, 0.29) is 28.5 Å². The Bertz CT molecular complexity index is 884. The Labute approximate surface area is 187 Å². The SMILES string of the molecule is Cc1ccc(C(=O)NCC(C)(C)N2CC(C)OC(C)C2)cc1S(=O)(=O)N1CCCCC1. The quantitative estimate of drug-likeness (QED) is 0.720. The lowest BCUT2D eigenvalue weighted by atomic mass is 10.00. The van der Waals surface area contributed by atoms with E-state index in [0.29, 0.717) is 30.8 Å². The Morgan fingerprint density at radius 1 is 1.13 bits per heavy atom. The van der Waals surface area contributed by atoms with Crippen molar-refractivity contribution in [3.63, 3.8) is 0 Å². The molecule has 1 N–H and O–H groups in total. The molecule has 174 valence electrons. The second-order valence-corrected chi connectivity index (χ2v) is 11.5. The van der Waals surface area contributed by atoms with Crippen molar-refractivity contribution in [3.8, 4) is 0 Å². The van der Waals surface area contributed by atoms with Crippen LogP contribution in [0.4, 0.5) is 0 Å². The third kappa shape index (κ3) is 5.66. The number of hydrogen-bond acceptors (Lipinski definition) is 5. The maximum atomic E-state index is 13.1. The van der Waals surface area contributed by atoms with Gasteiger partial charge in [-0.3, -0.25) is 9.69 Å². The number of piperidine rings is 1. The summed E-state index contributed by atoms with van der Waals surface area (Å²) < 4.78 is 33.7. The highest BCUT2D eigenvalue weighted by atomic mass is 32.2. The molecule has 0 spiro atoms. The Kier molecular flexibility index (Phi) is 7.46. The molecule has 1 aromatic rings. The lowest BCUT2D eigenvalue weighted by molar-refractivity contribution is -0.0948. The van der Waals surface area contributed by atoms with Crippen LogP contribution in [-0.4, -0.2) is 74.0 Å². The van der Waals surface area contributed by atoms with Gasteiger partial charge in [0, 0.05) is 43.8 Å². The molecular formula is C23H37N3O4S. The van der Waals surface area contributed by atoms with E-state index in [9.17, 15) is 13.2 Å². The molecule has 2 aliphatic rings. The van der Waals surface area contributed by atoms with Gasteiger partial charge in [-0.25, -0.2) is 8.42 Å². The molecule has 0 bridgehead atoms. The number of hydrogen-bond donors (Lipinski definition) is 1. The van der Waals surface area contributed by atoms with Crippen molar-refractivity contribution < 1.29 is 17.9 Å². The monoisotopic (exact) mass is 451 g/mol. The molecule has 2 aliphatic heterocycles. The molecule has 0 radical (unpaired) electrons. The molecule has 0 aliphatic carbocycles. The summed E-state index contributed by atoms with van der Waals surface area (Å²) in [4.78, 5) is 15.5. The average molecular weight is 452 g/mol. The van der Waals surface area contributed by atoms with Crippen LogP contribution < -0.4 is 5.32 Å². The van der Waals surface area contributed by atoms with Crippen LogP contribution in [0, 0.1) is 6.92 Å². The zero-order chi connectivity index (χ0) is 22.8. The van der Waals surface area contributed by atoms with Crippen LogP contribution in [0.3, 0.4) is 0 Å². The highest BCUT2D eigenvalue weighted by Gasteiger charge is 2.34. The largest absolute Gasteiger partial charge is 0.373 e. The third-order valence-electron chi connectivity index (χ3n) is 6.34. The first kappa shape index (κ1) is 24.2. The van der Waals surface area contributed by atoms with E-state index in [2.05, 4.69) is 37.9 Å². The van der Waals surface area contributed by atoms with Gasteiger partial charge in [0.1, 0.15) is 0 Å². The van der Waals surface area contributed by atoms with Gasteiger partial charge in [0.25, 0.3) is 5.91 Å². The Morgan fingerprint density at radius 2 is 1.74 bits per heavy atom. The number of nitrogens with zero attached hydrogens (tertiary/aromatic N) is 2. The minimum atomic E-state index is -3.59. The molecule has 3 rings (SSSR count).